The van der Waals surface area contributed by atoms with E-state index in [1.54, 1.807) is 6.07 Å². The number of rotatable bonds is 7. The summed E-state index contributed by atoms with van der Waals surface area (Å²) in [7, 11) is 0. The van der Waals surface area contributed by atoms with Gasteiger partial charge in [0.1, 0.15) is 18.2 Å². The highest BCUT2D eigenvalue weighted by Gasteiger charge is 2.05. The van der Waals surface area contributed by atoms with Gasteiger partial charge in [-0.25, -0.2) is 24.6 Å². The number of halogens is 2. The number of nitrogen functional groups attached to an aromatic ring is 1. The molecule has 17 heavy (non-hydrogen) atoms. The number of nitrogens with two attached hydrogens (primary N) is 1. The number of ether oxygens (including phenoxy) is 1. The zero-order chi connectivity index (χ0) is 12.7. The van der Waals surface area contributed by atoms with Crippen molar-refractivity contribution in [2.45, 2.75) is 26.2 Å². The Morgan fingerprint density at radius 2 is 2.24 bits per heavy atom. The summed E-state index contributed by atoms with van der Waals surface area (Å²) in [4.78, 5) is 8.34. The highest BCUT2D eigenvalue weighted by Crippen LogP contribution is 2.07. The normalized spacial score (nSPS) is 10.9. The average molecular weight is 246 g/mol. The lowest BCUT2D eigenvalue weighted by Gasteiger charge is -2.07. The van der Waals surface area contributed by atoms with Gasteiger partial charge in [-0.15, -0.1) is 0 Å². The first-order chi connectivity index (χ1) is 8.15. The second-order valence-corrected chi connectivity index (χ2v) is 3.37. The molecule has 0 amide bonds. The van der Waals surface area contributed by atoms with Crippen LogP contribution in [0.1, 0.15) is 18.4 Å². The minimum atomic E-state index is -2.45. The van der Waals surface area contributed by atoms with E-state index in [9.17, 15) is 8.78 Å². The maximum absolute atomic E-state index is 11.8. The molecule has 0 aromatic carbocycles. The molecule has 1 aromatic heterocycles. The smallest absolute Gasteiger partial charge is 0.261 e. The van der Waals surface area contributed by atoms with Crippen molar-refractivity contribution in [2.24, 2.45) is 5.84 Å². The topological polar surface area (TPSA) is 73.1 Å². The number of hydrazine groups is 1. The van der Waals surface area contributed by atoms with Gasteiger partial charge in [0.25, 0.3) is 6.43 Å². The van der Waals surface area contributed by atoms with Gasteiger partial charge in [-0.05, 0) is 6.42 Å². The lowest BCUT2D eigenvalue weighted by atomic mass is 10.3. The van der Waals surface area contributed by atoms with Crippen molar-refractivity contribution >= 4 is 5.82 Å². The fourth-order valence-electron chi connectivity index (χ4n) is 1.25. The summed E-state index contributed by atoms with van der Waals surface area (Å²) in [5, 5.41) is 0. The number of hydrogen-bond acceptors (Lipinski definition) is 5. The monoisotopic (exact) mass is 246 g/mol. The van der Waals surface area contributed by atoms with E-state index in [0.29, 0.717) is 18.1 Å². The Labute approximate surface area is 98.4 Å². The Balaban J connectivity index is 2.51. The molecule has 0 unspecified atom stereocenters. The number of aromatic nitrogens is 2. The van der Waals surface area contributed by atoms with E-state index in [1.165, 1.54) is 0 Å². The molecule has 0 saturated heterocycles. The van der Waals surface area contributed by atoms with Crippen LogP contribution in [-0.4, -0.2) is 29.6 Å². The van der Waals surface area contributed by atoms with E-state index in [1.807, 2.05) is 6.92 Å². The number of alkyl halides is 2. The van der Waals surface area contributed by atoms with Crippen molar-refractivity contribution in [1.82, 2.24) is 9.97 Å². The number of hydrogen-bond donors (Lipinski definition) is 2. The Kier molecular flexibility index (Phi) is 5.71. The molecule has 1 heterocycles. The Morgan fingerprint density at radius 3 is 2.82 bits per heavy atom. The molecule has 1 aromatic rings. The van der Waals surface area contributed by atoms with Crippen molar-refractivity contribution in [3.63, 3.8) is 0 Å². The maximum Gasteiger partial charge on any atom is 0.261 e. The van der Waals surface area contributed by atoms with Gasteiger partial charge >= 0.3 is 0 Å². The molecule has 7 heteroatoms. The number of anilines is 1. The number of aryl methyl sites for hydroxylation is 1. The third-order valence-electron chi connectivity index (χ3n) is 2.05. The van der Waals surface area contributed by atoms with Crippen molar-refractivity contribution in [1.29, 1.82) is 0 Å². The predicted octanol–water partition coefficient (Wildman–Crippen LogP) is 1.15. The molecule has 0 bridgehead atoms. The Bertz CT molecular complexity index is 327. The van der Waals surface area contributed by atoms with E-state index < -0.39 is 13.0 Å². The lowest BCUT2D eigenvalue weighted by Crippen LogP contribution is -2.13. The maximum atomic E-state index is 11.8. The van der Waals surface area contributed by atoms with Crippen LogP contribution in [0.2, 0.25) is 0 Å². The van der Waals surface area contributed by atoms with Crippen molar-refractivity contribution in [3.05, 3.63) is 17.6 Å². The Morgan fingerprint density at radius 1 is 1.47 bits per heavy atom. The molecule has 96 valence electrons. The molecule has 1 rings (SSSR count). The highest BCUT2D eigenvalue weighted by molar-refractivity contribution is 5.34. The molecule has 0 atom stereocenters. The van der Waals surface area contributed by atoms with Gasteiger partial charge in [0.15, 0.2) is 0 Å². The van der Waals surface area contributed by atoms with Crippen LogP contribution in [0, 0.1) is 0 Å². The van der Waals surface area contributed by atoms with Crippen LogP contribution < -0.4 is 11.3 Å². The minimum Gasteiger partial charge on any atom is -0.375 e. The van der Waals surface area contributed by atoms with Crippen LogP contribution >= 0.6 is 0 Å². The SMILES string of the molecule is CCc1cc(NN)nc(CCOCC(F)F)n1. The molecular weight excluding hydrogens is 230 g/mol. The van der Waals surface area contributed by atoms with E-state index in [0.717, 1.165) is 12.1 Å². The van der Waals surface area contributed by atoms with Gasteiger partial charge in [-0.1, -0.05) is 6.92 Å². The van der Waals surface area contributed by atoms with Crippen LogP contribution in [0.5, 0.6) is 0 Å². The lowest BCUT2D eigenvalue weighted by molar-refractivity contribution is 0.0183. The molecule has 3 N–H and O–H groups in total. The second kappa shape index (κ2) is 7.08. The summed E-state index contributed by atoms with van der Waals surface area (Å²) in [6.45, 7) is 1.57. The van der Waals surface area contributed by atoms with E-state index in [2.05, 4.69) is 15.4 Å². The zero-order valence-corrected chi connectivity index (χ0v) is 9.62. The van der Waals surface area contributed by atoms with Crippen molar-refractivity contribution < 1.29 is 13.5 Å². The highest BCUT2D eigenvalue weighted by atomic mass is 19.3. The molecule has 0 aliphatic carbocycles. The predicted molar refractivity (Wildman–Crippen MR) is 59.7 cm³/mol. The summed E-state index contributed by atoms with van der Waals surface area (Å²) >= 11 is 0. The van der Waals surface area contributed by atoms with Crippen LogP contribution in [-0.2, 0) is 17.6 Å². The van der Waals surface area contributed by atoms with E-state index in [4.69, 9.17) is 10.6 Å². The van der Waals surface area contributed by atoms with Gasteiger partial charge in [-0.3, -0.25) is 0 Å². The fourth-order valence-corrected chi connectivity index (χ4v) is 1.25. The standard InChI is InChI=1S/C10H16F2N4O/c1-2-7-5-10(16-13)15-9(14-7)3-4-17-6-8(11)12/h5,8H,2-4,6,13H2,1H3,(H,14,15,16). The summed E-state index contributed by atoms with van der Waals surface area (Å²) in [5.74, 6) is 6.31. The Hall–Kier alpha value is -1.34. The second-order valence-electron chi connectivity index (χ2n) is 3.37. The van der Waals surface area contributed by atoms with Crippen molar-refractivity contribution in [2.75, 3.05) is 18.6 Å². The molecule has 0 aliphatic rings. The molecule has 0 aliphatic heterocycles. The van der Waals surface area contributed by atoms with Crippen LogP contribution in [0.25, 0.3) is 0 Å². The summed E-state index contributed by atoms with van der Waals surface area (Å²) < 4.78 is 28.4. The minimum absolute atomic E-state index is 0.168. The first-order valence-corrected chi connectivity index (χ1v) is 5.35. The quantitative estimate of drug-likeness (QED) is 0.429. The molecule has 0 spiro atoms. The zero-order valence-electron chi connectivity index (χ0n) is 9.62. The molecule has 0 fully saturated rings. The largest absolute Gasteiger partial charge is 0.375 e. The summed E-state index contributed by atoms with van der Waals surface area (Å²) in [6, 6.07) is 1.74. The van der Waals surface area contributed by atoms with Crippen molar-refractivity contribution in [3.8, 4) is 0 Å². The third-order valence-corrected chi connectivity index (χ3v) is 2.05. The fraction of sp³-hybridized carbons (Fsp3) is 0.600. The molecule has 0 radical (unpaired) electrons. The first-order valence-electron chi connectivity index (χ1n) is 5.35. The van der Waals surface area contributed by atoms with Gasteiger partial charge < -0.3 is 10.2 Å². The average Bonchev–Trinajstić information content (AvgIpc) is 2.34. The van der Waals surface area contributed by atoms with Crippen LogP contribution in [0.15, 0.2) is 6.07 Å². The van der Waals surface area contributed by atoms with E-state index >= 15 is 0 Å². The van der Waals surface area contributed by atoms with Gasteiger partial charge in [-0.2, -0.15) is 0 Å². The van der Waals surface area contributed by atoms with Gasteiger partial charge in [0.2, 0.25) is 0 Å². The van der Waals surface area contributed by atoms with Crippen LogP contribution in [0.4, 0.5) is 14.6 Å². The third kappa shape index (κ3) is 5.01. The van der Waals surface area contributed by atoms with Crippen LogP contribution in [0.3, 0.4) is 0 Å². The van der Waals surface area contributed by atoms with E-state index in [-0.39, 0.29) is 6.61 Å². The molecule has 5 nitrogen and oxygen atoms in total. The number of nitrogens with one attached hydrogen (secondary N) is 1. The molecular formula is C10H16F2N4O. The van der Waals surface area contributed by atoms with Gasteiger partial charge in [0, 0.05) is 18.2 Å². The van der Waals surface area contributed by atoms with Gasteiger partial charge in [0.05, 0.1) is 6.61 Å². The molecule has 0 saturated carbocycles. The first kappa shape index (κ1) is 13.7. The number of nitrogens with zero attached hydrogens (tertiary/aromatic N) is 2. The summed E-state index contributed by atoms with van der Waals surface area (Å²) in [5.41, 5.74) is 3.28. The summed E-state index contributed by atoms with van der Waals surface area (Å²) in [6.07, 6.45) is -1.31.